The first-order valence-electron chi connectivity index (χ1n) is 5.82. The highest BCUT2D eigenvalue weighted by Crippen LogP contribution is 2.16. The van der Waals surface area contributed by atoms with E-state index in [0.717, 1.165) is 32.0 Å². The summed E-state index contributed by atoms with van der Waals surface area (Å²) in [7, 11) is 0. The van der Waals surface area contributed by atoms with Crippen molar-refractivity contribution in [2.45, 2.75) is 19.9 Å². The molecule has 1 saturated heterocycles. The molecule has 1 aliphatic rings. The number of rotatable bonds is 2. The maximum Gasteiger partial charge on any atom is 0.214 e. The van der Waals surface area contributed by atoms with Gasteiger partial charge in [-0.2, -0.15) is 4.39 Å². The number of halogens is 1. The molecule has 88 valence electrons. The highest BCUT2D eigenvalue weighted by atomic mass is 19.1. The van der Waals surface area contributed by atoms with Crippen LogP contribution in [0.3, 0.4) is 0 Å². The van der Waals surface area contributed by atoms with Crippen molar-refractivity contribution in [2.75, 3.05) is 31.1 Å². The highest BCUT2D eigenvalue weighted by Gasteiger charge is 2.23. The molecule has 0 amide bonds. The van der Waals surface area contributed by atoms with Gasteiger partial charge in [0, 0.05) is 25.7 Å². The van der Waals surface area contributed by atoms with Gasteiger partial charge in [0.25, 0.3) is 0 Å². The van der Waals surface area contributed by atoms with Crippen LogP contribution in [0.15, 0.2) is 18.2 Å². The van der Waals surface area contributed by atoms with Gasteiger partial charge >= 0.3 is 0 Å². The van der Waals surface area contributed by atoms with Crippen molar-refractivity contribution >= 4 is 5.82 Å². The molecule has 1 unspecified atom stereocenters. The molecule has 4 heteroatoms. The fourth-order valence-electron chi connectivity index (χ4n) is 2.25. The number of hydrogen-bond acceptors (Lipinski definition) is 3. The lowest BCUT2D eigenvalue weighted by molar-refractivity contribution is 0.199. The molecule has 2 heterocycles. The van der Waals surface area contributed by atoms with Crippen LogP contribution in [0.2, 0.25) is 0 Å². The average Bonchev–Trinajstić information content (AvgIpc) is 2.29. The van der Waals surface area contributed by atoms with Crippen LogP contribution in [-0.2, 0) is 0 Å². The molecule has 0 aromatic carbocycles. The Morgan fingerprint density at radius 1 is 1.44 bits per heavy atom. The predicted molar refractivity (Wildman–Crippen MR) is 63.1 cm³/mol. The minimum atomic E-state index is -0.400. The Labute approximate surface area is 95.9 Å². The Morgan fingerprint density at radius 3 is 2.88 bits per heavy atom. The number of hydrogen-bond donors (Lipinski definition) is 0. The first-order chi connectivity index (χ1) is 7.70. The van der Waals surface area contributed by atoms with Crippen LogP contribution in [0.1, 0.15) is 13.8 Å². The number of aromatic nitrogens is 1. The smallest absolute Gasteiger partial charge is 0.214 e. The van der Waals surface area contributed by atoms with E-state index in [4.69, 9.17) is 0 Å². The average molecular weight is 223 g/mol. The Morgan fingerprint density at radius 2 is 2.25 bits per heavy atom. The number of piperazine rings is 1. The molecule has 0 bridgehead atoms. The van der Waals surface area contributed by atoms with Crippen LogP contribution in [0.5, 0.6) is 0 Å². The van der Waals surface area contributed by atoms with Crippen LogP contribution < -0.4 is 4.90 Å². The first-order valence-corrected chi connectivity index (χ1v) is 5.82. The monoisotopic (exact) mass is 223 g/mol. The van der Waals surface area contributed by atoms with Crippen molar-refractivity contribution in [1.82, 2.24) is 9.88 Å². The van der Waals surface area contributed by atoms with Gasteiger partial charge in [-0.3, -0.25) is 4.90 Å². The van der Waals surface area contributed by atoms with Crippen molar-refractivity contribution < 1.29 is 4.39 Å². The second-order valence-electron chi connectivity index (χ2n) is 4.24. The first kappa shape index (κ1) is 11.3. The highest BCUT2D eigenvalue weighted by molar-refractivity contribution is 5.38. The van der Waals surface area contributed by atoms with Gasteiger partial charge in [-0.1, -0.05) is 13.0 Å². The van der Waals surface area contributed by atoms with E-state index < -0.39 is 5.95 Å². The lowest BCUT2D eigenvalue weighted by Gasteiger charge is -2.39. The lowest BCUT2D eigenvalue weighted by atomic mass is 10.2. The summed E-state index contributed by atoms with van der Waals surface area (Å²) in [5, 5.41) is 0. The van der Waals surface area contributed by atoms with Gasteiger partial charge in [0.2, 0.25) is 5.95 Å². The Hall–Kier alpha value is -1.16. The van der Waals surface area contributed by atoms with E-state index in [2.05, 4.69) is 28.6 Å². The summed E-state index contributed by atoms with van der Waals surface area (Å²) in [5.41, 5.74) is 0. The van der Waals surface area contributed by atoms with Gasteiger partial charge in [0.15, 0.2) is 0 Å². The molecule has 1 aliphatic heterocycles. The summed E-state index contributed by atoms with van der Waals surface area (Å²) in [6.45, 7) is 8.32. The quantitative estimate of drug-likeness (QED) is 0.712. The Kier molecular flexibility index (Phi) is 3.39. The molecule has 0 aliphatic carbocycles. The molecule has 0 radical (unpaired) electrons. The minimum Gasteiger partial charge on any atom is -0.354 e. The Bertz CT molecular complexity index is 356. The van der Waals surface area contributed by atoms with Crippen molar-refractivity contribution in [3.63, 3.8) is 0 Å². The molecule has 1 aromatic rings. The molecule has 1 fully saturated rings. The van der Waals surface area contributed by atoms with Gasteiger partial charge < -0.3 is 4.90 Å². The lowest BCUT2D eigenvalue weighted by Crippen LogP contribution is -2.52. The zero-order valence-electron chi connectivity index (χ0n) is 9.86. The number of anilines is 1. The summed E-state index contributed by atoms with van der Waals surface area (Å²) in [4.78, 5) is 8.50. The van der Waals surface area contributed by atoms with E-state index in [1.165, 1.54) is 6.07 Å². The fraction of sp³-hybridized carbons (Fsp3) is 0.583. The van der Waals surface area contributed by atoms with Crippen molar-refractivity contribution in [2.24, 2.45) is 0 Å². The SMILES string of the molecule is CCN1CCN(c2cccc(F)n2)CC1C. The maximum absolute atomic E-state index is 13.0. The zero-order chi connectivity index (χ0) is 11.5. The summed E-state index contributed by atoms with van der Waals surface area (Å²) in [6, 6.07) is 5.48. The van der Waals surface area contributed by atoms with E-state index in [1.807, 2.05) is 6.07 Å². The predicted octanol–water partition coefficient (Wildman–Crippen LogP) is 1.75. The molecule has 0 saturated carbocycles. The van der Waals surface area contributed by atoms with Gasteiger partial charge in [0.05, 0.1) is 0 Å². The topological polar surface area (TPSA) is 19.4 Å². The van der Waals surface area contributed by atoms with E-state index in [0.29, 0.717) is 6.04 Å². The van der Waals surface area contributed by atoms with Crippen LogP contribution in [-0.4, -0.2) is 42.1 Å². The third kappa shape index (κ3) is 2.32. The summed E-state index contributed by atoms with van der Waals surface area (Å²) >= 11 is 0. The summed E-state index contributed by atoms with van der Waals surface area (Å²) in [5.74, 6) is 0.352. The summed E-state index contributed by atoms with van der Waals surface area (Å²) < 4.78 is 13.0. The molecule has 2 rings (SSSR count). The van der Waals surface area contributed by atoms with E-state index in [1.54, 1.807) is 6.07 Å². The van der Waals surface area contributed by atoms with Crippen LogP contribution in [0.25, 0.3) is 0 Å². The molecular weight excluding hydrogens is 205 g/mol. The van der Waals surface area contributed by atoms with Crippen molar-refractivity contribution in [1.29, 1.82) is 0 Å². The molecule has 0 spiro atoms. The Balaban J connectivity index is 2.07. The standard InChI is InChI=1S/C12H18FN3/c1-3-15-7-8-16(9-10(15)2)12-6-4-5-11(13)14-12/h4-6,10H,3,7-9H2,1-2H3. The second kappa shape index (κ2) is 4.78. The number of pyridine rings is 1. The van der Waals surface area contributed by atoms with E-state index in [-0.39, 0.29) is 0 Å². The second-order valence-corrected chi connectivity index (χ2v) is 4.24. The van der Waals surface area contributed by atoms with Crippen LogP contribution in [0.4, 0.5) is 10.2 Å². The minimum absolute atomic E-state index is 0.400. The van der Waals surface area contributed by atoms with Crippen molar-refractivity contribution in [3.05, 3.63) is 24.1 Å². The molecular formula is C12H18FN3. The molecule has 0 N–H and O–H groups in total. The van der Waals surface area contributed by atoms with Crippen LogP contribution in [0, 0.1) is 5.95 Å². The zero-order valence-corrected chi connectivity index (χ0v) is 9.86. The van der Waals surface area contributed by atoms with Gasteiger partial charge in [0.1, 0.15) is 5.82 Å². The molecule has 3 nitrogen and oxygen atoms in total. The largest absolute Gasteiger partial charge is 0.354 e. The van der Waals surface area contributed by atoms with E-state index in [9.17, 15) is 4.39 Å². The molecule has 1 atom stereocenters. The number of nitrogens with zero attached hydrogens (tertiary/aromatic N) is 3. The summed E-state index contributed by atoms with van der Waals surface area (Å²) in [6.07, 6.45) is 0. The van der Waals surface area contributed by atoms with Crippen LogP contribution >= 0.6 is 0 Å². The van der Waals surface area contributed by atoms with Gasteiger partial charge in [-0.15, -0.1) is 0 Å². The normalized spacial score (nSPS) is 22.4. The maximum atomic E-state index is 13.0. The third-order valence-electron chi connectivity index (χ3n) is 3.20. The van der Waals surface area contributed by atoms with Crippen molar-refractivity contribution in [3.8, 4) is 0 Å². The van der Waals surface area contributed by atoms with Gasteiger partial charge in [-0.25, -0.2) is 4.98 Å². The third-order valence-corrected chi connectivity index (χ3v) is 3.20. The fourth-order valence-corrected chi connectivity index (χ4v) is 2.25. The van der Waals surface area contributed by atoms with Gasteiger partial charge in [-0.05, 0) is 25.6 Å². The molecule has 16 heavy (non-hydrogen) atoms. The molecule has 1 aromatic heterocycles. The number of likely N-dealkylation sites (N-methyl/N-ethyl adjacent to an activating group) is 1. The van der Waals surface area contributed by atoms with E-state index >= 15 is 0 Å².